The lowest BCUT2D eigenvalue weighted by Crippen LogP contribution is -2.32. The van der Waals surface area contributed by atoms with Gasteiger partial charge in [0, 0.05) is 24.1 Å². The molecule has 9 nitrogen and oxygen atoms in total. The molecule has 0 aromatic heterocycles. The standard InChI is InChI=1S/C21H29N3O6/c1-13(2)20(26)29-9-7-24(8-10-30-21(27)14(3)4)18-12-17(23-15(5)25)16(22)11-19(18)28-6/h11-12H,1,3,7-10,22H2,2,4-6H3,(H,23,25). The van der Waals surface area contributed by atoms with E-state index in [1.807, 2.05) is 0 Å². The fourth-order valence-electron chi connectivity index (χ4n) is 2.39. The third-order valence-electron chi connectivity index (χ3n) is 3.89. The first kappa shape index (κ1) is 24.5. The van der Waals surface area contributed by atoms with E-state index in [-0.39, 0.29) is 43.4 Å². The summed E-state index contributed by atoms with van der Waals surface area (Å²) in [6.45, 7) is 12.2. The van der Waals surface area contributed by atoms with E-state index in [1.54, 1.807) is 30.9 Å². The summed E-state index contributed by atoms with van der Waals surface area (Å²) in [6.07, 6.45) is 0. The number of hydrogen-bond donors (Lipinski definition) is 2. The van der Waals surface area contributed by atoms with Gasteiger partial charge in [-0.2, -0.15) is 0 Å². The summed E-state index contributed by atoms with van der Waals surface area (Å²) >= 11 is 0. The second-order valence-corrected chi connectivity index (χ2v) is 6.61. The molecule has 0 aliphatic rings. The minimum absolute atomic E-state index is 0.0587. The van der Waals surface area contributed by atoms with Gasteiger partial charge in [-0.05, 0) is 19.9 Å². The van der Waals surface area contributed by atoms with Crippen LogP contribution in [0.1, 0.15) is 20.8 Å². The Bertz CT molecular complexity index is 802. The zero-order chi connectivity index (χ0) is 22.8. The van der Waals surface area contributed by atoms with Crippen molar-refractivity contribution in [3.05, 3.63) is 36.4 Å². The third-order valence-corrected chi connectivity index (χ3v) is 3.89. The van der Waals surface area contributed by atoms with Crippen molar-refractivity contribution in [1.82, 2.24) is 0 Å². The molecular weight excluding hydrogens is 390 g/mol. The summed E-state index contributed by atoms with van der Waals surface area (Å²) in [5.41, 5.74) is 7.87. The Hall–Kier alpha value is -3.49. The monoisotopic (exact) mass is 419 g/mol. The summed E-state index contributed by atoms with van der Waals surface area (Å²) in [4.78, 5) is 36.6. The number of carbonyl (C=O) groups is 3. The minimum atomic E-state index is -0.508. The first-order valence-corrected chi connectivity index (χ1v) is 9.22. The van der Waals surface area contributed by atoms with Gasteiger partial charge in [-0.3, -0.25) is 4.79 Å². The molecule has 0 saturated heterocycles. The highest BCUT2D eigenvalue weighted by molar-refractivity contribution is 5.94. The Morgan fingerprint density at radius 2 is 1.50 bits per heavy atom. The molecule has 0 unspecified atom stereocenters. The Morgan fingerprint density at radius 3 is 1.90 bits per heavy atom. The number of esters is 2. The van der Waals surface area contributed by atoms with E-state index in [0.29, 0.717) is 22.8 Å². The molecule has 3 N–H and O–H groups in total. The highest BCUT2D eigenvalue weighted by Crippen LogP contribution is 2.35. The SMILES string of the molecule is C=C(C)C(=O)OCCN(CCOC(=O)C(=C)C)c1cc(NC(C)=O)c(N)cc1OC. The quantitative estimate of drug-likeness (QED) is 0.318. The number of rotatable bonds is 11. The van der Waals surface area contributed by atoms with Crippen LogP contribution < -0.4 is 20.7 Å². The summed E-state index contributed by atoms with van der Waals surface area (Å²) < 4.78 is 15.8. The topological polar surface area (TPSA) is 120 Å². The van der Waals surface area contributed by atoms with Gasteiger partial charge < -0.3 is 30.2 Å². The van der Waals surface area contributed by atoms with Gasteiger partial charge in [-0.25, -0.2) is 9.59 Å². The Morgan fingerprint density at radius 1 is 1.00 bits per heavy atom. The molecule has 0 atom stereocenters. The van der Waals surface area contributed by atoms with Crippen LogP contribution in [0.15, 0.2) is 36.4 Å². The molecule has 9 heteroatoms. The van der Waals surface area contributed by atoms with Crippen LogP contribution in [0.5, 0.6) is 5.75 Å². The number of carbonyl (C=O) groups excluding carboxylic acids is 3. The van der Waals surface area contributed by atoms with E-state index in [4.69, 9.17) is 19.9 Å². The van der Waals surface area contributed by atoms with Gasteiger partial charge in [0.2, 0.25) is 5.91 Å². The van der Waals surface area contributed by atoms with Gasteiger partial charge in [0.15, 0.2) is 0 Å². The highest BCUT2D eigenvalue weighted by Gasteiger charge is 2.17. The fourth-order valence-corrected chi connectivity index (χ4v) is 2.39. The summed E-state index contributed by atoms with van der Waals surface area (Å²) in [6, 6.07) is 3.23. The first-order valence-electron chi connectivity index (χ1n) is 9.22. The summed E-state index contributed by atoms with van der Waals surface area (Å²) in [7, 11) is 1.48. The molecule has 0 radical (unpaired) electrons. The Labute approximate surface area is 176 Å². The van der Waals surface area contributed by atoms with Crippen LogP contribution in [0, 0.1) is 0 Å². The van der Waals surface area contributed by atoms with Crippen molar-refractivity contribution in [1.29, 1.82) is 0 Å². The van der Waals surface area contributed by atoms with Gasteiger partial charge >= 0.3 is 11.9 Å². The number of amides is 1. The summed E-state index contributed by atoms with van der Waals surface area (Å²) in [5.74, 6) is -0.854. The van der Waals surface area contributed by atoms with Crippen LogP contribution in [0.2, 0.25) is 0 Å². The third kappa shape index (κ3) is 7.50. The molecule has 0 saturated carbocycles. The van der Waals surface area contributed by atoms with Gasteiger partial charge in [-0.1, -0.05) is 13.2 Å². The van der Waals surface area contributed by atoms with Crippen LogP contribution in [-0.2, 0) is 23.9 Å². The van der Waals surface area contributed by atoms with E-state index in [2.05, 4.69) is 18.5 Å². The Kier molecular flexibility index (Phi) is 9.41. The summed E-state index contributed by atoms with van der Waals surface area (Å²) in [5, 5.41) is 2.66. The van der Waals surface area contributed by atoms with Gasteiger partial charge in [0.05, 0.1) is 37.3 Å². The van der Waals surface area contributed by atoms with Crippen molar-refractivity contribution in [3.8, 4) is 5.75 Å². The molecule has 1 amide bonds. The van der Waals surface area contributed by atoms with E-state index in [0.717, 1.165) is 0 Å². The number of nitrogens with zero attached hydrogens (tertiary/aromatic N) is 1. The predicted molar refractivity (Wildman–Crippen MR) is 115 cm³/mol. The van der Waals surface area contributed by atoms with Gasteiger partial charge in [0.25, 0.3) is 0 Å². The van der Waals surface area contributed by atoms with Crippen molar-refractivity contribution in [3.63, 3.8) is 0 Å². The maximum Gasteiger partial charge on any atom is 0.333 e. The van der Waals surface area contributed by atoms with Crippen molar-refractivity contribution >= 4 is 34.9 Å². The zero-order valence-electron chi connectivity index (χ0n) is 17.9. The fraction of sp³-hybridized carbons (Fsp3) is 0.381. The maximum absolute atomic E-state index is 11.7. The molecule has 1 aromatic rings. The van der Waals surface area contributed by atoms with E-state index < -0.39 is 11.9 Å². The molecule has 0 bridgehead atoms. The van der Waals surface area contributed by atoms with Gasteiger partial charge in [0.1, 0.15) is 19.0 Å². The maximum atomic E-state index is 11.7. The van der Waals surface area contributed by atoms with Crippen LogP contribution in [0.25, 0.3) is 0 Å². The molecule has 30 heavy (non-hydrogen) atoms. The van der Waals surface area contributed by atoms with Crippen molar-refractivity contribution in [2.75, 3.05) is 49.4 Å². The number of methoxy groups -OCH3 is 1. The molecule has 164 valence electrons. The molecule has 1 aromatic carbocycles. The predicted octanol–water partition coefficient (Wildman–Crippen LogP) is 2.28. The number of nitrogens with one attached hydrogen (secondary N) is 1. The van der Waals surface area contributed by atoms with Crippen molar-refractivity contribution < 1.29 is 28.6 Å². The van der Waals surface area contributed by atoms with Crippen molar-refractivity contribution in [2.24, 2.45) is 0 Å². The van der Waals surface area contributed by atoms with E-state index >= 15 is 0 Å². The lowest BCUT2D eigenvalue weighted by atomic mass is 10.2. The van der Waals surface area contributed by atoms with Crippen LogP contribution in [0.4, 0.5) is 17.1 Å². The molecule has 0 aliphatic carbocycles. The van der Waals surface area contributed by atoms with Crippen molar-refractivity contribution in [2.45, 2.75) is 20.8 Å². The van der Waals surface area contributed by atoms with E-state index in [1.165, 1.54) is 14.0 Å². The molecular formula is C21H29N3O6. The Balaban J connectivity index is 3.12. The molecule has 0 fully saturated rings. The van der Waals surface area contributed by atoms with Crippen LogP contribution in [-0.4, -0.2) is 51.3 Å². The molecule has 0 heterocycles. The number of anilines is 3. The molecule has 1 rings (SSSR count). The second-order valence-electron chi connectivity index (χ2n) is 6.61. The van der Waals surface area contributed by atoms with Crippen LogP contribution >= 0.6 is 0 Å². The lowest BCUT2D eigenvalue weighted by Gasteiger charge is -2.27. The van der Waals surface area contributed by atoms with E-state index in [9.17, 15) is 14.4 Å². The normalized spacial score (nSPS) is 10.0. The lowest BCUT2D eigenvalue weighted by molar-refractivity contribution is -0.139. The highest BCUT2D eigenvalue weighted by atomic mass is 16.5. The number of nitrogens with two attached hydrogens (primary N) is 1. The molecule has 0 spiro atoms. The number of ether oxygens (including phenoxy) is 3. The smallest absolute Gasteiger partial charge is 0.333 e. The molecule has 0 aliphatic heterocycles. The van der Waals surface area contributed by atoms with Gasteiger partial charge in [-0.15, -0.1) is 0 Å². The second kappa shape index (κ2) is 11.5. The number of benzene rings is 1. The first-order chi connectivity index (χ1) is 14.1. The average molecular weight is 419 g/mol. The van der Waals surface area contributed by atoms with Crippen LogP contribution in [0.3, 0.4) is 0 Å². The number of nitrogen functional groups attached to an aromatic ring is 1. The minimum Gasteiger partial charge on any atom is -0.495 e. The zero-order valence-corrected chi connectivity index (χ0v) is 17.9. The number of hydrogen-bond acceptors (Lipinski definition) is 8. The largest absolute Gasteiger partial charge is 0.495 e. The average Bonchev–Trinajstić information content (AvgIpc) is 2.67.